The van der Waals surface area contributed by atoms with Crippen molar-refractivity contribution in [3.63, 3.8) is 0 Å². The average molecular weight is 472 g/mol. The SMILES string of the molecule is Cc1cc(-c2ccc(CNc3ncnc4cc(-c5ccnc(C(F)(F)F)c5)ccc34)cn2)ccn1. The lowest BCUT2D eigenvalue weighted by Crippen LogP contribution is -2.07. The van der Waals surface area contributed by atoms with Crippen LogP contribution in [0.15, 0.2) is 79.5 Å². The summed E-state index contributed by atoms with van der Waals surface area (Å²) in [6.45, 7) is 2.43. The molecule has 0 saturated carbocycles. The van der Waals surface area contributed by atoms with Crippen LogP contribution in [-0.4, -0.2) is 24.9 Å². The molecule has 1 N–H and O–H groups in total. The molecule has 4 aromatic heterocycles. The van der Waals surface area contributed by atoms with Gasteiger partial charge in [-0.05, 0) is 66.1 Å². The number of rotatable bonds is 5. The van der Waals surface area contributed by atoms with Gasteiger partial charge < -0.3 is 5.32 Å². The van der Waals surface area contributed by atoms with Gasteiger partial charge in [-0.15, -0.1) is 0 Å². The van der Waals surface area contributed by atoms with Crippen molar-refractivity contribution in [3.05, 3.63) is 96.5 Å². The fourth-order valence-electron chi connectivity index (χ4n) is 3.73. The second-order valence-electron chi connectivity index (χ2n) is 7.97. The molecule has 0 saturated heterocycles. The largest absolute Gasteiger partial charge is 0.433 e. The first-order valence-corrected chi connectivity index (χ1v) is 10.8. The Labute approximate surface area is 199 Å². The van der Waals surface area contributed by atoms with Crippen LogP contribution in [0.3, 0.4) is 0 Å². The highest BCUT2D eigenvalue weighted by Crippen LogP contribution is 2.32. The standard InChI is InChI=1S/C26H19F3N6/c1-16-10-20(7-8-30-16)22-5-2-17(13-32-22)14-33-25-21-4-3-18(11-23(21)34-15-35-25)19-6-9-31-24(12-19)26(27,28)29/h2-13,15H,14H2,1H3,(H,33,34,35). The zero-order valence-electron chi connectivity index (χ0n) is 18.6. The second kappa shape index (κ2) is 9.09. The molecule has 0 aliphatic rings. The minimum atomic E-state index is -4.50. The summed E-state index contributed by atoms with van der Waals surface area (Å²) in [5, 5.41) is 4.06. The van der Waals surface area contributed by atoms with Gasteiger partial charge in [0.2, 0.25) is 0 Å². The van der Waals surface area contributed by atoms with Crippen LogP contribution in [0.5, 0.6) is 0 Å². The number of fused-ring (bicyclic) bond motifs is 1. The first-order valence-electron chi connectivity index (χ1n) is 10.8. The Morgan fingerprint density at radius 3 is 2.34 bits per heavy atom. The van der Waals surface area contributed by atoms with Crippen molar-refractivity contribution in [1.82, 2.24) is 24.9 Å². The Balaban J connectivity index is 1.35. The fourth-order valence-corrected chi connectivity index (χ4v) is 3.73. The van der Waals surface area contributed by atoms with Crippen LogP contribution in [0.25, 0.3) is 33.3 Å². The van der Waals surface area contributed by atoms with Crippen LogP contribution in [0, 0.1) is 6.92 Å². The summed E-state index contributed by atoms with van der Waals surface area (Å²) < 4.78 is 39.1. The van der Waals surface area contributed by atoms with Crippen LogP contribution in [0.2, 0.25) is 0 Å². The van der Waals surface area contributed by atoms with E-state index in [0.29, 0.717) is 29.0 Å². The lowest BCUT2D eigenvalue weighted by molar-refractivity contribution is -0.141. The molecule has 174 valence electrons. The van der Waals surface area contributed by atoms with Crippen LogP contribution < -0.4 is 5.32 Å². The summed E-state index contributed by atoms with van der Waals surface area (Å²) in [5.41, 5.74) is 4.48. The van der Waals surface area contributed by atoms with Gasteiger partial charge in [-0.2, -0.15) is 13.2 Å². The van der Waals surface area contributed by atoms with E-state index in [1.165, 1.54) is 6.33 Å². The van der Waals surface area contributed by atoms with E-state index in [0.717, 1.165) is 40.2 Å². The molecule has 6 nitrogen and oxygen atoms in total. The Hall–Kier alpha value is -4.40. The summed E-state index contributed by atoms with van der Waals surface area (Å²) in [6, 6.07) is 15.7. The number of hydrogen-bond donors (Lipinski definition) is 1. The van der Waals surface area contributed by atoms with E-state index in [9.17, 15) is 13.2 Å². The molecule has 0 bridgehead atoms. The number of halogens is 3. The highest BCUT2D eigenvalue weighted by Gasteiger charge is 2.32. The van der Waals surface area contributed by atoms with E-state index < -0.39 is 11.9 Å². The number of anilines is 1. The van der Waals surface area contributed by atoms with Gasteiger partial charge in [0.1, 0.15) is 17.8 Å². The molecular weight excluding hydrogens is 453 g/mol. The van der Waals surface area contributed by atoms with Gasteiger partial charge in [-0.3, -0.25) is 15.0 Å². The molecule has 0 aliphatic carbocycles. The van der Waals surface area contributed by atoms with Gasteiger partial charge in [0.25, 0.3) is 0 Å². The maximum absolute atomic E-state index is 13.0. The smallest absolute Gasteiger partial charge is 0.365 e. The topological polar surface area (TPSA) is 76.5 Å². The molecule has 0 unspecified atom stereocenters. The van der Waals surface area contributed by atoms with Gasteiger partial charge in [0.15, 0.2) is 0 Å². The second-order valence-corrected chi connectivity index (χ2v) is 7.97. The molecular formula is C26H19F3N6. The van der Waals surface area contributed by atoms with Crippen molar-refractivity contribution in [3.8, 4) is 22.4 Å². The number of pyridine rings is 3. The third-order valence-corrected chi connectivity index (χ3v) is 5.50. The molecule has 0 fully saturated rings. The van der Waals surface area contributed by atoms with E-state index in [2.05, 4.69) is 30.2 Å². The molecule has 0 aliphatic heterocycles. The number of aromatic nitrogens is 5. The van der Waals surface area contributed by atoms with Crippen molar-refractivity contribution in [2.75, 3.05) is 5.32 Å². The molecule has 0 spiro atoms. The minimum Gasteiger partial charge on any atom is -0.365 e. The monoisotopic (exact) mass is 472 g/mol. The maximum atomic E-state index is 13.0. The predicted molar refractivity (Wildman–Crippen MR) is 127 cm³/mol. The highest BCUT2D eigenvalue weighted by molar-refractivity contribution is 5.92. The Kier molecular flexibility index (Phi) is 5.82. The van der Waals surface area contributed by atoms with Crippen LogP contribution >= 0.6 is 0 Å². The van der Waals surface area contributed by atoms with Crippen molar-refractivity contribution in [1.29, 1.82) is 0 Å². The molecule has 9 heteroatoms. The number of aryl methyl sites for hydroxylation is 1. The number of hydrogen-bond acceptors (Lipinski definition) is 6. The van der Waals surface area contributed by atoms with E-state index in [4.69, 9.17) is 0 Å². The molecule has 1 aromatic carbocycles. The lowest BCUT2D eigenvalue weighted by atomic mass is 10.0. The molecule has 35 heavy (non-hydrogen) atoms. The van der Waals surface area contributed by atoms with Gasteiger partial charge in [0, 0.05) is 41.8 Å². The molecule has 0 radical (unpaired) electrons. The summed E-state index contributed by atoms with van der Waals surface area (Å²) in [7, 11) is 0. The summed E-state index contributed by atoms with van der Waals surface area (Å²) in [6.07, 6.45) is 1.65. The quantitative estimate of drug-likeness (QED) is 0.334. The number of nitrogens with one attached hydrogen (secondary N) is 1. The first-order chi connectivity index (χ1) is 16.9. The van der Waals surface area contributed by atoms with Crippen LogP contribution in [0.4, 0.5) is 19.0 Å². The third-order valence-electron chi connectivity index (χ3n) is 5.50. The molecule has 4 heterocycles. The zero-order chi connectivity index (χ0) is 24.4. The predicted octanol–water partition coefficient (Wildman–Crippen LogP) is 6.09. The molecule has 0 atom stereocenters. The van der Waals surface area contributed by atoms with Gasteiger partial charge in [0.05, 0.1) is 11.2 Å². The van der Waals surface area contributed by atoms with Crippen molar-refractivity contribution < 1.29 is 13.2 Å². The fraction of sp³-hybridized carbons (Fsp3) is 0.115. The van der Waals surface area contributed by atoms with E-state index in [-0.39, 0.29) is 0 Å². The number of benzene rings is 1. The van der Waals surface area contributed by atoms with Crippen molar-refractivity contribution in [2.45, 2.75) is 19.6 Å². The molecule has 5 aromatic rings. The van der Waals surface area contributed by atoms with Gasteiger partial charge in [-0.1, -0.05) is 12.1 Å². The van der Waals surface area contributed by atoms with Crippen molar-refractivity contribution >= 4 is 16.7 Å². The van der Waals surface area contributed by atoms with Crippen LogP contribution in [0.1, 0.15) is 17.0 Å². The average Bonchev–Trinajstić information content (AvgIpc) is 2.87. The lowest BCUT2D eigenvalue weighted by Gasteiger charge is -2.11. The number of alkyl halides is 3. The third kappa shape index (κ3) is 4.93. The van der Waals surface area contributed by atoms with Gasteiger partial charge in [-0.25, -0.2) is 9.97 Å². The van der Waals surface area contributed by atoms with E-state index in [1.54, 1.807) is 36.7 Å². The summed E-state index contributed by atoms with van der Waals surface area (Å²) >= 11 is 0. The zero-order valence-corrected chi connectivity index (χ0v) is 18.6. The van der Waals surface area contributed by atoms with Crippen molar-refractivity contribution in [2.24, 2.45) is 0 Å². The highest BCUT2D eigenvalue weighted by atomic mass is 19.4. The number of nitrogens with zero attached hydrogens (tertiary/aromatic N) is 5. The Morgan fingerprint density at radius 2 is 1.57 bits per heavy atom. The summed E-state index contributed by atoms with van der Waals surface area (Å²) in [5.74, 6) is 0.626. The first kappa shape index (κ1) is 22.4. The van der Waals surface area contributed by atoms with E-state index >= 15 is 0 Å². The minimum absolute atomic E-state index is 0.415. The Bertz CT molecular complexity index is 1500. The Morgan fingerprint density at radius 1 is 0.771 bits per heavy atom. The normalized spacial score (nSPS) is 11.5. The van der Waals surface area contributed by atoms with Gasteiger partial charge >= 0.3 is 6.18 Å². The molecule has 5 rings (SSSR count). The van der Waals surface area contributed by atoms with Crippen LogP contribution in [-0.2, 0) is 12.7 Å². The van der Waals surface area contributed by atoms with E-state index in [1.807, 2.05) is 31.2 Å². The molecule has 0 amide bonds. The maximum Gasteiger partial charge on any atom is 0.433 e. The summed E-state index contributed by atoms with van der Waals surface area (Å²) in [4.78, 5) is 20.8.